The number of nitrogens with zero attached hydrogens (tertiary/aromatic N) is 5. The Kier molecular flexibility index (Phi) is 5.85. The Morgan fingerprint density at radius 3 is 2.31 bits per heavy atom. The van der Waals surface area contributed by atoms with Gasteiger partial charge in [0.15, 0.2) is 0 Å². The fourth-order valence-electron chi connectivity index (χ4n) is 3.70. The summed E-state index contributed by atoms with van der Waals surface area (Å²) in [7, 11) is 0. The predicted octanol–water partition coefficient (Wildman–Crippen LogP) is 4.11. The number of fused-ring (bicyclic) bond motifs is 1. The fourth-order valence-corrected chi connectivity index (χ4v) is 4.48. The Hall–Kier alpha value is -3.65. The number of pyridine rings is 1. The van der Waals surface area contributed by atoms with Crippen LogP contribution >= 0.6 is 11.9 Å². The molecule has 0 spiro atoms. The lowest BCUT2D eigenvalue weighted by Gasteiger charge is -2.34. The molecule has 1 fully saturated rings. The van der Waals surface area contributed by atoms with Crippen molar-refractivity contribution in [3.8, 4) is 0 Å². The van der Waals surface area contributed by atoms with Gasteiger partial charge in [-0.2, -0.15) is 0 Å². The monoisotopic (exact) mass is 442 g/mol. The van der Waals surface area contributed by atoms with Gasteiger partial charge in [0.05, 0.1) is 10.4 Å². The molecule has 32 heavy (non-hydrogen) atoms. The van der Waals surface area contributed by atoms with Gasteiger partial charge in [-0.05, 0) is 54.4 Å². The molecule has 2 aromatic carbocycles. The maximum absolute atomic E-state index is 12.9. The van der Waals surface area contributed by atoms with E-state index < -0.39 is 0 Å². The molecule has 1 saturated heterocycles. The molecule has 0 unspecified atom stereocenters. The molecule has 0 saturated carbocycles. The maximum atomic E-state index is 12.9. The average Bonchev–Trinajstić information content (AvgIpc) is 2.88. The number of aromatic nitrogens is 3. The fraction of sp³-hybridized carbons (Fsp3) is 0.167. The van der Waals surface area contributed by atoms with Crippen LogP contribution < -0.4 is 9.62 Å². The van der Waals surface area contributed by atoms with Crippen LogP contribution in [0.1, 0.15) is 10.4 Å². The number of piperazine rings is 1. The highest BCUT2D eigenvalue weighted by Crippen LogP contribution is 2.27. The SMILES string of the molecule is O=C(c1ccc(NSc2cccc3cccnc23)cc1)N1CCN(c2ncccn2)CC1. The van der Waals surface area contributed by atoms with Gasteiger partial charge in [0.2, 0.25) is 5.95 Å². The van der Waals surface area contributed by atoms with Crippen molar-refractivity contribution >= 4 is 40.4 Å². The van der Waals surface area contributed by atoms with Crippen molar-refractivity contribution in [2.45, 2.75) is 4.90 Å². The highest BCUT2D eigenvalue weighted by molar-refractivity contribution is 8.00. The summed E-state index contributed by atoms with van der Waals surface area (Å²) in [6.45, 7) is 2.76. The lowest BCUT2D eigenvalue weighted by molar-refractivity contribution is 0.0746. The van der Waals surface area contributed by atoms with Crippen LogP contribution in [0.5, 0.6) is 0 Å². The normalized spacial score (nSPS) is 13.9. The quantitative estimate of drug-likeness (QED) is 0.466. The van der Waals surface area contributed by atoms with E-state index in [9.17, 15) is 4.79 Å². The summed E-state index contributed by atoms with van der Waals surface area (Å²) in [4.78, 5) is 31.1. The minimum Gasteiger partial charge on any atom is -0.337 e. The topological polar surface area (TPSA) is 74.2 Å². The van der Waals surface area contributed by atoms with Gasteiger partial charge in [-0.1, -0.05) is 18.2 Å². The van der Waals surface area contributed by atoms with E-state index >= 15 is 0 Å². The third-order valence-electron chi connectivity index (χ3n) is 5.41. The van der Waals surface area contributed by atoms with Crippen LogP contribution in [0.4, 0.5) is 11.6 Å². The zero-order chi connectivity index (χ0) is 21.8. The van der Waals surface area contributed by atoms with Crippen LogP contribution in [0.15, 0.2) is 84.1 Å². The van der Waals surface area contributed by atoms with Crippen molar-refractivity contribution < 1.29 is 4.79 Å². The van der Waals surface area contributed by atoms with Gasteiger partial charge >= 0.3 is 0 Å². The Balaban J connectivity index is 1.19. The Bertz CT molecular complexity index is 1200. The van der Waals surface area contributed by atoms with Crippen LogP contribution in [-0.4, -0.2) is 51.9 Å². The number of hydrogen-bond donors (Lipinski definition) is 1. The summed E-state index contributed by atoms with van der Waals surface area (Å²) in [5.74, 6) is 0.769. The number of amides is 1. The van der Waals surface area contributed by atoms with Crippen molar-refractivity contribution in [3.05, 3.63) is 84.8 Å². The zero-order valence-corrected chi connectivity index (χ0v) is 18.2. The molecule has 1 aliphatic heterocycles. The van der Waals surface area contributed by atoms with Crippen LogP contribution in [-0.2, 0) is 0 Å². The smallest absolute Gasteiger partial charge is 0.253 e. The molecule has 1 aliphatic rings. The maximum Gasteiger partial charge on any atom is 0.253 e. The highest BCUT2D eigenvalue weighted by Gasteiger charge is 2.23. The summed E-state index contributed by atoms with van der Waals surface area (Å²) in [5.41, 5.74) is 2.60. The van der Waals surface area contributed by atoms with E-state index in [1.54, 1.807) is 24.7 Å². The number of hydrogen-bond acceptors (Lipinski definition) is 7. The number of anilines is 2. The first kappa shape index (κ1) is 20.3. The molecule has 1 N–H and O–H groups in total. The summed E-state index contributed by atoms with van der Waals surface area (Å²) < 4.78 is 3.35. The molecule has 7 nitrogen and oxygen atoms in total. The molecule has 2 aromatic heterocycles. The summed E-state index contributed by atoms with van der Waals surface area (Å²) in [6.07, 6.45) is 5.29. The first-order chi connectivity index (χ1) is 15.8. The van der Waals surface area contributed by atoms with E-state index in [-0.39, 0.29) is 5.91 Å². The Morgan fingerprint density at radius 1 is 0.812 bits per heavy atom. The average molecular weight is 443 g/mol. The number of nitrogens with one attached hydrogen (secondary N) is 1. The van der Waals surface area contributed by atoms with Gasteiger partial charge < -0.3 is 14.5 Å². The van der Waals surface area contributed by atoms with Crippen LogP contribution in [0.25, 0.3) is 10.9 Å². The molecule has 1 amide bonds. The molecule has 3 heterocycles. The van der Waals surface area contributed by atoms with Gasteiger partial charge in [0, 0.05) is 61.4 Å². The second-order valence-corrected chi connectivity index (χ2v) is 8.29. The molecule has 5 rings (SSSR count). The molecular formula is C24H22N6OS. The minimum atomic E-state index is 0.0519. The van der Waals surface area contributed by atoms with Gasteiger partial charge in [0.1, 0.15) is 0 Å². The minimum absolute atomic E-state index is 0.0519. The number of benzene rings is 2. The molecule has 8 heteroatoms. The van der Waals surface area contributed by atoms with E-state index in [1.807, 2.05) is 47.4 Å². The molecule has 160 valence electrons. The van der Waals surface area contributed by atoms with E-state index in [4.69, 9.17) is 0 Å². The lowest BCUT2D eigenvalue weighted by atomic mass is 10.1. The highest BCUT2D eigenvalue weighted by atomic mass is 32.2. The molecule has 0 atom stereocenters. The van der Waals surface area contributed by atoms with Crippen molar-refractivity contribution in [2.75, 3.05) is 35.8 Å². The second-order valence-electron chi connectivity index (χ2n) is 7.44. The third-order valence-corrected chi connectivity index (χ3v) is 6.30. The van der Waals surface area contributed by atoms with Crippen molar-refractivity contribution in [1.29, 1.82) is 0 Å². The molecule has 0 bridgehead atoms. The Morgan fingerprint density at radius 2 is 1.53 bits per heavy atom. The Labute approximate surface area is 190 Å². The third kappa shape index (κ3) is 4.36. The van der Waals surface area contributed by atoms with E-state index in [0.717, 1.165) is 34.6 Å². The van der Waals surface area contributed by atoms with Crippen molar-refractivity contribution in [2.24, 2.45) is 0 Å². The first-order valence-corrected chi connectivity index (χ1v) is 11.3. The molecule has 0 radical (unpaired) electrons. The first-order valence-electron chi connectivity index (χ1n) is 10.5. The number of carbonyl (C=O) groups excluding carboxylic acids is 1. The molecule has 0 aliphatic carbocycles. The van der Waals surface area contributed by atoms with Gasteiger partial charge in [0.25, 0.3) is 5.91 Å². The summed E-state index contributed by atoms with van der Waals surface area (Å²) >= 11 is 1.52. The predicted molar refractivity (Wildman–Crippen MR) is 128 cm³/mol. The largest absolute Gasteiger partial charge is 0.337 e. The standard InChI is InChI=1S/C24H22N6OS/c31-23(29-14-16-30(17-15-29)24-26-12-3-13-27-24)19-7-9-20(10-8-19)28-32-21-6-1-4-18-5-2-11-25-22(18)21/h1-13,28H,14-17H2. The van der Waals surface area contributed by atoms with Gasteiger partial charge in [-0.3, -0.25) is 9.78 Å². The number of rotatable bonds is 5. The zero-order valence-electron chi connectivity index (χ0n) is 17.4. The van der Waals surface area contributed by atoms with Crippen molar-refractivity contribution in [3.63, 3.8) is 0 Å². The lowest BCUT2D eigenvalue weighted by Crippen LogP contribution is -2.49. The van der Waals surface area contributed by atoms with E-state index in [2.05, 4.69) is 36.7 Å². The van der Waals surface area contributed by atoms with Gasteiger partial charge in [-0.25, -0.2) is 9.97 Å². The van der Waals surface area contributed by atoms with Crippen LogP contribution in [0.3, 0.4) is 0 Å². The van der Waals surface area contributed by atoms with E-state index in [0.29, 0.717) is 24.6 Å². The van der Waals surface area contributed by atoms with Crippen LogP contribution in [0, 0.1) is 0 Å². The van der Waals surface area contributed by atoms with Gasteiger partial charge in [-0.15, -0.1) is 0 Å². The second kappa shape index (κ2) is 9.23. The number of carbonyl (C=O) groups is 1. The summed E-state index contributed by atoms with van der Waals surface area (Å²) in [5, 5.41) is 1.11. The molecular weight excluding hydrogens is 420 g/mol. The summed E-state index contributed by atoms with van der Waals surface area (Å²) in [6, 6.07) is 19.6. The molecule has 4 aromatic rings. The van der Waals surface area contributed by atoms with Crippen molar-refractivity contribution in [1.82, 2.24) is 19.9 Å². The van der Waals surface area contributed by atoms with Crippen LogP contribution in [0.2, 0.25) is 0 Å². The number of para-hydroxylation sites is 1. The van der Waals surface area contributed by atoms with E-state index in [1.165, 1.54) is 11.9 Å².